The molecule has 1 heterocycles. The second kappa shape index (κ2) is 5.84. The highest BCUT2D eigenvalue weighted by Crippen LogP contribution is 2.21. The van der Waals surface area contributed by atoms with E-state index in [-0.39, 0.29) is 5.91 Å². The zero-order valence-corrected chi connectivity index (χ0v) is 11.4. The number of carbonyl (C=O) groups excluding carboxylic acids is 1. The summed E-state index contributed by atoms with van der Waals surface area (Å²) >= 11 is 0. The first-order chi connectivity index (χ1) is 7.90. The molecule has 1 aromatic heterocycles. The Hall–Kier alpha value is -1.32. The molecule has 0 aromatic carbocycles. The molecule has 4 nitrogen and oxygen atoms in total. The van der Waals surface area contributed by atoms with Gasteiger partial charge in [0.1, 0.15) is 0 Å². The molecule has 1 rings (SSSR count). The SMILES string of the molecule is Cc1[nH]nc(CC(C)C)c1NC(=O)CC(C)C. The van der Waals surface area contributed by atoms with E-state index in [0.29, 0.717) is 18.3 Å². The highest BCUT2D eigenvalue weighted by molar-refractivity contribution is 5.92. The standard InChI is InChI=1S/C13H23N3O/c1-8(2)6-11-13(10(5)15-16-11)14-12(17)7-9(3)4/h8-9H,6-7H2,1-5H3,(H,14,17)(H,15,16). The van der Waals surface area contributed by atoms with Crippen LogP contribution in [0.5, 0.6) is 0 Å². The summed E-state index contributed by atoms with van der Waals surface area (Å²) < 4.78 is 0. The van der Waals surface area contributed by atoms with Crippen molar-refractivity contribution in [3.05, 3.63) is 11.4 Å². The van der Waals surface area contributed by atoms with E-state index in [1.165, 1.54) is 0 Å². The molecule has 1 aromatic rings. The Labute approximate surface area is 103 Å². The quantitative estimate of drug-likeness (QED) is 0.827. The number of nitrogens with one attached hydrogen (secondary N) is 2. The van der Waals surface area contributed by atoms with E-state index in [9.17, 15) is 4.79 Å². The number of amides is 1. The predicted octanol–water partition coefficient (Wildman–Crippen LogP) is 2.90. The Morgan fingerprint density at radius 3 is 2.47 bits per heavy atom. The van der Waals surface area contributed by atoms with Crippen LogP contribution in [0.15, 0.2) is 0 Å². The third-order valence-electron chi connectivity index (χ3n) is 2.48. The van der Waals surface area contributed by atoms with Crippen molar-refractivity contribution < 1.29 is 4.79 Å². The topological polar surface area (TPSA) is 57.8 Å². The van der Waals surface area contributed by atoms with Crippen molar-refractivity contribution in [1.29, 1.82) is 0 Å². The van der Waals surface area contributed by atoms with Crippen LogP contribution in [0.25, 0.3) is 0 Å². The van der Waals surface area contributed by atoms with Gasteiger partial charge in [0.2, 0.25) is 5.91 Å². The number of aromatic nitrogens is 2. The number of aryl methyl sites for hydroxylation is 1. The van der Waals surface area contributed by atoms with Crippen molar-refractivity contribution in [2.45, 2.75) is 47.5 Å². The molecular weight excluding hydrogens is 214 g/mol. The predicted molar refractivity (Wildman–Crippen MR) is 70.0 cm³/mol. The molecule has 1 amide bonds. The normalized spacial score (nSPS) is 11.2. The molecule has 0 radical (unpaired) electrons. The summed E-state index contributed by atoms with van der Waals surface area (Å²) in [6.45, 7) is 10.3. The molecule has 2 N–H and O–H groups in total. The van der Waals surface area contributed by atoms with Gasteiger partial charge in [0.25, 0.3) is 0 Å². The van der Waals surface area contributed by atoms with E-state index >= 15 is 0 Å². The van der Waals surface area contributed by atoms with E-state index in [2.05, 4.69) is 29.4 Å². The summed E-state index contributed by atoms with van der Waals surface area (Å²) in [7, 11) is 0. The number of anilines is 1. The van der Waals surface area contributed by atoms with Crippen LogP contribution in [-0.2, 0) is 11.2 Å². The summed E-state index contributed by atoms with van der Waals surface area (Å²) in [5.41, 5.74) is 2.75. The monoisotopic (exact) mass is 237 g/mol. The lowest BCUT2D eigenvalue weighted by atomic mass is 10.1. The summed E-state index contributed by atoms with van der Waals surface area (Å²) in [4.78, 5) is 11.8. The Morgan fingerprint density at radius 2 is 1.94 bits per heavy atom. The van der Waals surface area contributed by atoms with E-state index < -0.39 is 0 Å². The number of hydrogen-bond donors (Lipinski definition) is 2. The molecule has 0 aliphatic heterocycles. The zero-order valence-electron chi connectivity index (χ0n) is 11.4. The van der Waals surface area contributed by atoms with Gasteiger partial charge >= 0.3 is 0 Å². The minimum Gasteiger partial charge on any atom is -0.323 e. The lowest BCUT2D eigenvalue weighted by molar-refractivity contribution is -0.116. The van der Waals surface area contributed by atoms with E-state index in [1.54, 1.807) is 0 Å². The number of carbonyl (C=O) groups is 1. The average Bonchev–Trinajstić information content (AvgIpc) is 2.47. The van der Waals surface area contributed by atoms with Crippen LogP contribution in [0.3, 0.4) is 0 Å². The molecule has 0 aliphatic carbocycles. The van der Waals surface area contributed by atoms with Gasteiger partial charge in [-0.15, -0.1) is 0 Å². The molecule has 0 unspecified atom stereocenters. The first kappa shape index (κ1) is 13.7. The molecule has 0 fully saturated rings. The van der Waals surface area contributed by atoms with Gasteiger partial charge in [-0.25, -0.2) is 0 Å². The number of aromatic amines is 1. The molecule has 17 heavy (non-hydrogen) atoms. The van der Waals surface area contributed by atoms with Gasteiger partial charge in [-0.1, -0.05) is 27.7 Å². The summed E-state index contributed by atoms with van der Waals surface area (Å²) in [6.07, 6.45) is 1.42. The Balaban J connectivity index is 2.75. The maximum absolute atomic E-state index is 11.8. The zero-order chi connectivity index (χ0) is 13.0. The minimum absolute atomic E-state index is 0.0644. The fourth-order valence-electron chi connectivity index (χ4n) is 1.74. The lowest BCUT2D eigenvalue weighted by Crippen LogP contribution is -2.15. The van der Waals surface area contributed by atoms with E-state index in [4.69, 9.17) is 0 Å². The van der Waals surface area contributed by atoms with Gasteiger partial charge in [-0.3, -0.25) is 9.89 Å². The Kier molecular flexibility index (Phi) is 4.73. The number of hydrogen-bond acceptors (Lipinski definition) is 2. The van der Waals surface area contributed by atoms with Crippen LogP contribution < -0.4 is 5.32 Å². The molecule has 0 aliphatic rings. The van der Waals surface area contributed by atoms with Crippen LogP contribution in [0.1, 0.15) is 45.5 Å². The van der Waals surface area contributed by atoms with Crippen molar-refractivity contribution in [1.82, 2.24) is 10.2 Å². The highest BCUT2D eigenvalue weighted by atomic mass is 16.1. The van der Waals surface area contributed by atoms with Crippen molar-refractivity contribution in [3.63, 3.8) is 0 Å². The van der Waals surface area contributed by atoms with Gasteiger partial charge in [0, 0.05) is 6.42 Å². The van der Waals surface area contributed by atoms with Crippen LogP contribution in [-0.4, -0.2) is 16.1 Å². The average molecular weight is 237 g/mol. The van der Waals surface area contributed by atoms with E-state index in [1.807, 2.05) is 20.8 Å². The lowest BCUT2D eigenvalue weighted by Gasteiger charge is -2.09. The third kappa shape index (κ3) is 4.21. The molecule has 0 spiro atoms. The molecule has 0 bridgehead atoms. The van der Waals surface area contributed by atoms with Gasteiger partial charge in [-0.2, -0.15) is 5.10 Å². The van der Waals surface area contributed by atoms with Crippen molar-refractivity contribution in [2.75, 3.05) is 5.32 Å². The highest BCUT2D eigenvalue weighted by Gasteiger charge is 2.14. The van der Waals surface area contributed by atoms with Gasteiger partial charge < -0.3 is 5.32 Å². The molecule has 96 valence electrons. The third-order valence-corrected chi connectivity index (χ3v) is 2.48. The van der Waals surface area contributed by atoms with Crippen molar-refractivity contribution >= 4 is 11.6 Å². The van der Waals surface area contributed by atoms with Gasteiger partial charge in [0.15, 0.2) is 0 Å². The van der Waals surface area contributed by atoms with Crippen LogP contribution in [0, 0.1) is 18.8 Å². The molecular formula is C13H23N3O. The van der Waals surface area contributed by atoms with Gasteiger partial charge in [-0.05, 0) is 25.2 Å². The maximum atomic E-state index is 11.8. The number of H-pyrrole nitrogens is 1. The smallest absolute Gasteiger partial charge is 0.224 e. The van der Waals surface area contributed by atoms with Crippen LogP contribution in [0.2, 0.25) is 0 Å². The van der Waals surface area contributed by atoms with E-state index in [0.717, 1.165) is 23.5 Å². The summed E-state index contributed by atoms with van der Waals surface area (Å²) in [5, 5.41) is 10.1. The van der Waals surface area contributed by atoms with Crippen LogP contribution in [0.4, 0.5) is 5.69 Å². The first-order valence-electron chi connectivity index (χ1n) is 6.23. The fraction of sp³-hybridized carbons (Fsp3) is 0.692. The maximum Gasteiger partial charge on any atom is 0.224 e. The summed E-state index contributed by atoms with van der Waals surface area (Å²) in [5.74, 6) is 0.962. The number of rotatable bonds is 5. The molecule has 0 saturated carbocycles. The second-order valence-corrected chi connectivity index (χ2v) is 5.41. The van der Waals surface area contributed by atoms with Crippen molar-refractivity contribution in [2.24, 2.45) is 11.8 Å². The minimum atomic E-state index is 0.0644. The second-order valence-electron chi connectivity index (χ2n) is 5.41. The molecule has 0 saturated heterocycles. The first-order valence-corrected chi connectivity index (χ1v) is 6.23. The fourth-order valence-corrected chi connectivity index (χ4v) is 1.74. The van der Waals surface area contributed by atoms with Crippen LogP contribution >= 0.6 is 0 Å². The Bertz CT molecular complexity index is 380. The molecule has 0 atom stereocenters. The Morgan fingerprint density at radius 1 is 1.29 bits per heavy atom. The number of nitrogens with zero attached hydrogens (tertiary/aromatic N) is 1. The molecule has 4 heteroatoms. The van der Waals surface area contributed by atoms with Crippen molar-refractivity contribution in [3.8, 4) is 0 Å². The largest absolute Gasteiger partial charge is 0.323 e. The summed E-state index contributed by atoms with van der Waals surface area (Å²) in [6, 6.07) is 0. The van der Waals surface area contributed by atoms with Gasteiger partial charge in [0.05, 0.1) is 17.1 Å².